The number of aromatic hydroxyl groups is 1. The highest BCUT2D eigenvalue weighted by Crippen LogP contribution is 2.39. The van der Waals surface area contributed by atoms with Crippen molar-refractivity contribution >= 4 is 51.5 Å². The number of benzene rings is 5. The standard InChI is InChI=1S/C31H16N2O6/c34-15-18-14-17(10-13-25(18)35)19-11-12-24-27-20(19)6-3-9-23(27)30(38)33(31(24)39)32-28(36)21-7-1-4-16-5-2-8-22(26(16)21)29(32)37/h1-15,35H. The van der Waals surface area contributed by atoms with Crippen LogP contribution in [0.2, 0.25) is 0 Å². The van der Waals surface area contributed by atoms with Crippen LogP contribution in [0.15, 0.2) is 84.9 Å². The molecule has 0 bridgehead atoms. The van der Waals surface area contributed by atoms with Crippen LogP contribution < -0.4 is 0 Å². The van der Waals surface area contributed by atoms with Crippen LogP contribution in [-0.2, 0) is 0 Å². The molecule has 8 heteroatoms. The van der Waals surface area contributed by atoms with Gasteiger partial charge >= 0.3 is 0 Å². The van der Waals surface area contributed by atoms with Crippen LogP contribution in [-0.4, -0.2) is 45.0 Å². The van der Waals surface area contributed by atoms with Gasteiger partial charge in [-0.3, -0.25) is 24.0 Å². The van der Waals surface area contributed by atoms with Crippen molar-refractivity contribution in [1.82, 2.24) is 10.0 Å². The molecule has 0 aromatic heterocycles. The van der Waals surface area contributed by atoms with Crippen molar-refractivity contribution in [2.24, 2.45) is 0 Å². The lowest BCUT2D eigenvalue weighted by atomic mass is 9.89. The minimum absolute atomic E-state index is 0.101. The van der Waals surface area contributed by atoms with Gasteiger partial charge in [-0.05, 0) is 58.3 Å². The van der Waals surface area contributed by atoms with Crippen LogP contribution in [0.3, 0.4) is 0 Å². The Morgan fingerprint density at radius 3 is 1.67 bits per heavy atom. The number of hydrogen-bond donors (Lipinski definition) is 1. The second-order valence-corrected chi connectivity index (χ2v) is 9.33. The SMILES string of the molecule is O=Cc1cc(-c2ccc3c4c(cccc24)C(=O)N(N2C(=O)c4cccc5cccc(c45)C2=O)C3=O)ccc1O. The Balaban J connectivity index is 1.40. The summed E-state index contributed by atoms with van der Waals surface area (Å²) in [4.78, 5) is 66.2. The molecule has 39 heavy (non-hydrogen) atoms. The fourth-order valence-electron chi connectivity index (χ4n) is 5.53. The van der Waals surface area contributed by atoms with E-state index in [0.717, 1.165) is 0 Å². The summed E-state index contributed by atoms with van der Waals surface area (Å²) in [6.45, 7) is 0. The van der Waals surface area contributed by atoms with Gasteiger partial charge in [0.15, 0.2) is 6.29 Å². The Labute approximate surface area is 220 Å². The predicted molar refractivity (Wildman–Crippen MR) is 141 cm³/mol. The van der Waals surface area contributed by atoms with Gasteiger partial charge in [0, 0.05) is 10.8 Å². The first-order valence-corrected chi connectivity index (χ1v) is 12.0. The minimum atomic E-state index is -0.803. The van der Waals surface area contributed by atoms with Crippen molar-refractivity contribution in [3.05, 3.63) is 113 Å². The highest BCUT2D eigenvalue weighted by Gasteiger charge is 2.45. The van der Waals surface area contributed by atoms with Gasteiger partial charge in [-0.2, -0.15) is 10.0 Å². The van der Waals surface area contributed by atoms with Crippen molar-refractivity contribution < 1.29 is 29.1 Å². The predicted octanol–water partition coefficient (Wildman–Crippen LogP) is 4.99. The zero-order chi connectivity index (χ0) is 27.0. The zero-order valence-corrected chi connectivity index (χ0v) is 20.0. The van der Waals surface area contributed by atoms with E-state index in [9.17, 15) is 29.1 Å². The molecule has 7 rings (SSSR count). The molecule has 4 amide bonds. The lowest BCUT2D eigenvalue weighted by molar-refractivity contribution is 0.00212. The van der Waals surface area contributed by atoms with E-state index in [2.05, 4.69) is 0 Å². The van der Waals surface area contributed by atoms with E-state index in [1.54, 1.807) is 66.7 Å². The number of imide groups is 2. The summed E-state index contributed by atoms with van der Waals surface area (Å²) in [5.74, 6) is -3.29. The van der Waals surface area contributed by atoms with Crippen LogP contribution in [0.4, 0.5) is 0 Å². The van der Waals surface area contributed by atoms with Crippen molar-refractivity contribution in [2.45, 2.75) is 0 Å². The molecule has 186 valence electrons. The molecule has 0 saturated carbocycles. The number of phenols is 1. The molecule has 0 radical (unpaired) electrons. The average molecular weight is 512 g/mol. The molecule has 2 aliphatic rings. The van der Waals surface area contributed by atoms with Gasteiger partial charge in [-0.15, -0.1) is 0 Å². The van der Waals surface area contributed by atoms with Gasteiger partial charge in [-0.1, -0.05) is 48.5 Å². The first-order chi connectivity index (χ1) is 18.9. The lowest BCUT2D eigenvalue weighted by Crippen LogP contribution is -2.58. The normalized spacial score (nSPS) is 14.5. The molecular weight excluding hydrogens is 496 g/mol. The van der Waals surface area contributed by atoms with E-state index in [0.29, 0.717) is 49.0 Å². The topological polar surface area (TPSA) is 112 Å². The molecule has 2 aliphatic heterocycles. The van der Waals surface area contributed by atoms with Crippen molar-refractivity contribution in [3.63, 3.8) is 0 Å². The lowest BCUT2D eigenvalue weighted by Gasteiger charge is -2.37. The second-order valence-electron chi connectivity index (χ2n) is 9.33. The summed E-state index contributed by atoms with van der Waals surface area (Å²) in [7, 11) is 0. The van der Waals surface area contributed by atoms with Crippen LogP contribution in [0, 0.1) is 0 Å². The maximum Gasteiger partial charge on any atom is 0.281 e. The maximum absolute atomic E-state index is 13.8. The molecule has 5 aromatic carbocycles. The van der Waals surface area contributed by atoms with Gasteiger partial charge in [0.25, 0.3) is 23.6 Å². The molecule has 0 aliphatic carbocycles. The largest absolute Gasteiger partial charge is 0.507 e. The van der Waals surface area contributed by atoms with Crippen molar-refractivity contribution in [2.75, 3.05) is 0 Å². The molecule has 0 spiro atoms. The number of rotatable bonds is 3. The van der Waals surface area contributed by atoms with E-state index in [4.69, 9.17) is 0 Å². The first-order valence-electron chi connectivity index (χ1n) is 12.0. The first kappa shape index (κ1) is 22.6. The molecule has 2 heterocycles. The summed E-state index contributed by atoms with van der Waals surface area (Å²) < 4.78 is 0. The number of carbonyl (C=O) groups excluding carboxylic acids is 5. The van der Waals surface area contributed by atoms with E-state index in [1.165, 1.54) is 18.2 Å². The van der Waals surface area contributed by atoms with Gasteiger partial charge in [0.2, 0.25) is 0 Å². The van der Waals surface area contributed by atoms with E-state index >= 15 is 0 Å². The third-order valence-electron chi connectivity index (χ3n) is 7.30. The second kappa shape index (κ2) is 7.93. The Kier molecular flexibility index (Phi) is 4.59. The van der Waals surface area contributed by atoms with Gasteiger partial charge < -0.3 is 5.11 Å². The summed E-state index contributed by atoms with van der Waals surface area (Å²) >= 11 is 0. The van der Waals surface area contributed by atoms with E-state index in [-0.39, 0.29) is 33.6 Å². The Morgan fingerprint density at radius 1 is 0.564 bits per heavy atom. The summed E-state index contributed by atoms with van der Waals surface area (Å²) in [5.41, 5.74) is 2.09. The number of aldehydes is 1. The van der Waals surface area contributed by atoms with Crippen molar-refractivity contribution in [3.8, 4) is 16.9 Å². The molecule has 0 unspecified atom stereocenters. The summed E-state index contributed by atoms with van der Waals surface area (Å²) in [6, 6.07) is 22.8. The number of hydrazine groups is 1. The average Bonchev–Trinajstić information content (AvgIpc) is 2.96. The molecular formula is C31H16N2O6. The van der Waals surface area contributed by atoms with Crippen LogP contribution in [0.5, 0.6) is 5.75 Å². The Morgan fingerprint density at radius 2 is 1.08 bits per heavy atom. The number of amides is 4. The number of nitrogens with zero attached hydrogens (tertiary/aromatic N) is 2. The van der Waals surface area contributed by atoms with Crippen molar-refractivity contribution in [1.29, 1.82) is 0 Å². The van der Waals surface area contributed by atoms with Crippen LogP contribution in [0.1, 0.15) is 51.8 Å². The number of carbonyl (C=O) groups is 5. The van der Waals surface area contributed by atoms with Gasteiger partial charge in [0.05, 0.1) is 27.8 Å². The molecule has 0 fully saturated rings. The molecule has 5 aromatic rings. The van der Waals surface area contributed by atoms with E-state index in [1.807, 2.05) is 0 Å². The molecule has 0 saturated heterocycles. The number of phenolic OH excluding ortho intramolecular Hbond substituents is 1. The fourth-order valence-corrected chi connectivity index (χ4v) is 5.53. The fraction of sp³-hybridized carbons (Fsp3) is 0. The zero-order valence-electron chi connectivity index (χ0n) is 20.0. The number of hydrogen-bond acceptors (Lipinski definition) is 6. The monoisotopic (exact) mass is 512 g/mol. The Bertz CT molecular complexity index is 1920. The third kappa shape index (κ3) is 2.96. The highest BCUT2D eigenvalue weighted by molar-refractivity contribution is 6.31. The molecule has 1 N–H and O–H groups in total. The smallest absolute Gasteiger partial charge is 0.281 e. The summed E-state index contributed by atoms with van der Waals surface area (Å²) in [6.07, 6.45) is 0.542. The maximum atomic E-state index is 13.8. The summed E-state index contributed by atoms with van der Waals surface area (Å²) in [5, 5.41) is 13.3. The Hall–Kier alpha value is -5.63. The minimum Gasteiger partial charge on any atom is -0.507 e. The third-order valence-corrected chi connectivity index (χ3v) is 7.30. The molecule has 0 atom stereocenters. The van der Waals surface area contributed by atoms with Crippen LogP contribution >= 0.6 is 0 Å². The van der Waals surface area contributed by atoms with Gasteiger partial charge in [0.1, 0.15) is 5.75 Å². The van der Waals surface area contributed by atoms with Gasteiger partial charge in [-0.25, -0.2) is 0 Å². The van der Waals surface area contributed by atoms with E-state index < -0.39 is 23.6 Å². The molecule has 8 nitrogen and oxygen atoms in total. The van der Waals surface area contributed by atoms with Crippen LogP contribution in [0.25, 0.3) is 32.7 Å². The highest BCUT2D eigenvalue weighted by atomic mass is 16.3. The quantitative estimate of drug-likeness (QED) is 0.269.